The van der Waals surface area contributed by atoms with Gasteiger partial charge in [0.15, 0.2) is 0 Å². The fourth-order valence-electron chi connectivity index (χ4n) is 1.45. The van der Waals surface area contributed by atoms with E-state index in [0.717, 1.165) is 18.4 Å². The highest BCUT2D eigenvalue weighted by Gasteiger charge is 2.14. The van der Waals surface area contributed by atoms with Gasteiger partial charge in [-0.15, -0.1) is 0 Å². The molecule has 0 spiro atoms. The van der Waals surface area contributed by atoms with Crippen LogP contribution in [0, 0.1) is 5.82 Å². The summed E-state index contributed by atoms with van der Waals surface area (Å²) in [6.45, 7) is 6.35. The van der Waals surface area contributed by atoms with Crippen LogP contribution < -0.4 is 0 Å². The molecule has 0 radical (unpaired) electrons. The van der Waals surface area contributed by atoms with Crippen LogP contribution in [0.4, 0.5) is 4.39 Å². The first-order chi connectivity index (χ1) is 8.06. The Hall–Kier alpha value is -1.38. The Balaban J connectivity index is 2.81. The molecule has 0 saturated carbocycles. The van der Waals surface area contributed by atoms with E-state index >= 15 is 0 Å². The lowest BCUT2D eigenvalue weighted by Gasteiger charge is -2.09. The van der Waals surface area contributed by atoms with Crippen LogP contribution in [-0.2, 0) is 4.74 Å². The fraction of sp³-hybridized carbons (Fsp3) is 0.500. The summed E-state index contributed by atoms with van der Waals surface area (Å²) in [7, 11) is 0. The zero-order chi connectivity index (χ0) is 12.8. The number of esters is 1. The molecule has 0 aliphatic carbocycles. The van der Waals surface area contributed by atoms with Gasteiger partial charge in [0.05, 0.1) is 12.2 Å². The van der Waals surface area contributed by atoms with Gasteiger partial charge in [-0.2, -0.15) is 0 Å². The van der Waals surface area contributed by atoms with Crippen molar-refractivity contribution in [2.75, 3.05) is 6.61 Å². The largest absolute Gasteiger partial charge is 0.462 e. The lowest BCUT2D eigenvalue weighted by atomic mass is 10.0. The van der Waals surface area contributed by atoms with Gasteiger partial charge in [0.2, 0.25) is 0 Å². The molecule has 0 saturated heterocycles. The second kappa shape index (κ2) is 6.38. The van der Waals surface area contributed by atoms with Crippen molar-refractivity contribution in [3.8, 4) is 0 Å². The molecule has 1 aromatic carbocycles. The van der Waals surface area contributed by atoms with E-state index in [0.29, 0.717) is 6.61 Å². The number of carbonyl (C=O) groups is 1. The summed E-state index contributed by atoms with van der Waals surface area (Å²) in [5, 5.41) is 0. The highest BCUT2D eigenvalue weighted by Crippen LogP contribution is 2.18. The Kier molecular flexibility index (Phi) is 5.13. The average Bonchev–Trinajstić information content (AvgIpc) is 2.29. The number of ether oxygens (including phenoxy) is 1. The van der Waals surface area contributed by atoms with E-state index in [2.05, 4.69) is 0 Å². The molecular formula is C14H19FO2. The molecular weight excluding hydrogens is 219 g/mol. The zero-order valence-corrected chi connectivity index (χ0v) is 10.6. The van der Waals surface area contributed by atoms with Gasteiger partial charge in [-0.25, -0.2) is 9.18 Å². The minimum absolute atomic E-state index is 0.0345. The maximum Gasteiger partial charge on any atom is 0.341 e. The highest BCUT2D eigenvalue weighted by atomic mass is 19.1. The lowest BCUT2D eigenvalue weighted by molar-refractivity contribution is 0.0494. The summed E-state index contributed by atoms with van der Waals surface area (Å²) in [5.74, 6) is -0.827. The van der Waals surface area contributed by atoms with Crippen molar-refractivity contribution < 1.29 is 13.9 Å². The van der Waals surface area contributed by atoms with Crippen molar-refractivity contribution in [2.45, 2.75) is 39.5 Å². The van der Waals surface area contributed by atoms with Crippen LogP contribution in [0.25, 0.3) is 0 Å². The van der Waals surface area contributed by atoms with Crippen LogP contribution >= 0.6 is 0 Å². The first-order valence-corrected chi connectivity index (χ1v) is 6.02. The number of hydrogen-bond acceptors (Lipinski definition) is 2. The maximum absolute atomic E-state index is 13.5. The van der Waals surface area contributed by atoms with Gasteiger partial charge < -0.3 is 4.74 Å². The lowest BCUT2D eigenvalue weighted by Crippen LogP contribution is -2.09. The molecule has 0 aliphatic heterocycles. The molecule has 0 unspecified atom stereocenters. The molecule has 0 N–H and O–H groups in total. The van der Waals surface area contributed by atoms with Crippen molar-refractivity contribution in [3.63, 3.8) is 0 Å². The molecule has 0 bridgehead atoms. The van der Waals surface area contributed by atoms with Gasteiger partial charge in [-0.1, -0.05) is 33.3 Å². The van der Waals surface area contributed by atoms with Crippen molar-refractivity contribution in [3.05, 3.63) is 35.1 Å². The molecule has 94 valence electrons. The van der Waals surface area contributed by atoms with Crippen LogP contribution in [0.1, 0.15) is 55.5 Å². The van der Waals surface area contributed by atoms with Gasteiger partial charge in [-0.3, -0.25) is 0 Å². The van der Waals surface area contributed by atoms with Crippen molar-refractivity contribution in [1.29, 1.82) is 0 Å². The van der Waals surface area contributed by atoms with E-state index < -0.39 is 11.8 Å². The predicted molar refractivity (Wildman–Crippen MR) is 65.7 cm³/mol. The Labute approximate surface area is 102 Å². The molecule has 1 rings (SSSR count). The molecule has 2 nitrogen and oxygen atoms in total. The molecule has 0 heterocycles. The Bertz CT molecular complexity index is 386. The van der Waals surface area contributed by atoms with E-state index in [4.69, 9.17) is 4.74 Å². The standard InChI is InChI=1S/C14H19FO2/c1-4-5-8-17-14(16)12-9-11(10(2)3)6-7-13(12)15/h6-7,9-10H,4-5,8H2,1-3H3. The third kappa shape index (κ3) is 3.84. The fourth-order valence-corrected chi connectivity index (χ4v) is 1.45. The number of hydrogen-bond donors (Lipinski definition) is 0. The van der Waals surface area contributed by atoms with Crippen LogP contribution in [0.3, 0.4) is 0 Å². The third-order valence-corrected chi connectivity index (χ3v) is 2.61. The predicted octanol–water partition coefficient (Wildman–Crippen LogP) is 3.91. The van der Waals surface area contributed by atoms with E-state index in [1.165, 1.54) is 6.07 Å². The van der Waals surface area contributed by atoms with Crippen molar-refractivity contribution in [1.82, 2.24) is 0 Å². The highest BCUT2D eigenvalue weighted by molar-refractivity contribution is 5.89. The molecule has 0 atom stereocenters. The van der Waals surface area contributed by atoms with Crippen molar-refractivity contribution >= 4 is 5.97 Å². The van der Waals surface area contributed by atoms with Gasteiger partial charge in [0, 0.05) is 0 Å². The Morgan fingerprint density at radius 2 is 2.12 bits per heavy atom. The zero-order valence-electron chi connectivity index (χ0n) is 10.6. The number of halogens is 1. The molecule has 0 aromatic heterocycles. The molecule has 3 heteroatoms. The number of unbranched alkanes of at least 4 members (excludes halogenated alkanes) is 1. The number of carbonyl (C=O) groups excluding carboxylic acids is 1. The van der Waals surface area contributed by atoms with Crippen molar-refractivity contribution in [2.24, 2.45) is 0 Å². The van der Waals surface area contributed by atoms with Gasteiger partial charge in [0.1, 0.15) is 5.82 Å². The molecule has 17 heavy (non-hydrogen) atoms. The summed E-state index contributed by atoms with van der Waals surface area (Å²) < 4.78 is 18.5. The Morgan fingerprint density at radius 3 is 2.71 bits per heavy atom. The summed E-state index contributed by atoms with van der Waals surface area (Å²) >= 11 is 0. The van der Waals surface area contributed by atoms with Crippen LogP contribution in [0.15, 0.2) is 18.2 Å². The van der Waals surface area contributed by atoms with Gasteiger partial charge in [0.25, 0.3) is 0 Å². The molecule has 0 amide bonds. The monoisotopic (exact) mass is 238 g/mol. The minimum atomic E-state index is -0.571. The van der Waals surface area contributed by atoms with Crippen LogP contribution in [0.5, 0.6) is 0 Å². The second-order valence-electron chi connectivity index (χ2n) is 4.38. The van der Waals surface area contributed by atoms with E-state index in [9.17, 15) is 9.18 Å². The van der Waals surface area contributed by atoms with Gasteiger partial charge >= 0.3 is 5.97 Å². The van der Waals surface area contributed by atoms with E-state index in [1.807, 2.05) is 20.8 Å². The summed E-state index contributed by atoms with van der Waals surface area (Å²) in [4.78, 5) is 11.7. The maximum atomic E-state index is 13.5. The van der Waals surface area contributed by atoms with Crippen LogP contribution in [-0.4, -0.2) is 12.6 Å². The van der Waals surface area contributed by atoms with Crippen LogP contribution in [0.2, 0.25) is 0 Å². The SMILES string of the molecule is CCCCOC(=O)c1cc(C(C)C)ccc1F. The van der Waals surface area contributed by atoms with Gasteiger partial charge in [-0.05, 0) is 30.0 Å². The second-order valence-corrected chi connectivity index (χ2v) is 4.38. The molecule has 0 fully saturated rings. The summed E-state index contributed by atoms with van der Waals surface area (Å²) in [5.41, 5.74) is 0.973. The third-order valence-electron chi connectivity index (χ3n) is 2.61. The molecule has 1 aromatic rings. The first kappa shape index (κ1) is 13.7. The quantitative estimate of drug-likeness (QED) is 0.574. The average molecular weight is 238 g/mol. The van der Waals surface area contributed by atoms with E-state index in [-0.39, 0.29) is 11.5 Å². The Morgan fingerprint density at radius 1 is 1.41 bits per heavy atom. The summed E-state index contributed by atoms with van der Waals surface area (Å²) in [6, 6.07) is 4.60. The van der Waals surface area contributed by atoms with E-state index in [1.54, 1.807) is 12.1 Å². The summed E-state index contributed by atoms with van der Waals surface area (Å²) in [6.07, 6.45) is 1.75. The number of benzene rings is 1. The number of rotatable bonds is 5. The first-order valence-electron chi connectivity index (χ1n) is 6.02. The minimum Gasteiger partial charge on any atom is -0.462 e. The molecule has 0 aliphatic rings. The topological polar surface area (TPSA) is 26.3 Å². The smallest absolute Gasteiger partial charge is 0.341 e. The normalized spacial score (nSPS) is 10.6.